The smallest absolute Gasteiger partial charge is 0.276 e. The molecule has 6 nitrogen and oxygen atoms in total. The predicted molar refractivity (Wildman–Crippen MR) is 78.4 cm³/mol. The maximum Gasteiger partial charge on any atom is 0.276 e. The molecule has 2 aromatic rings. The zero-order valence-corrected chi connectivity index (χ0v) is 11.5. The fourth-order valence-electron chi connectivity index (χ4n) is 1.91. The zero-order chi connectivity index (χ0) is 14.5. The number of hydrazine groups is 1. The lowest BCUT2D eigenvalue weighted by Gasteiger charge is -2.12. The van der Waals surface area contributed by atoms with E-state index in [0.717, 1.165) is 23.2 Å². The molecule has 104 valence electrons. The van der Waals surface area contributed by atoms with Gasteiger partial charge in [0.1, 0.15) is 0 Å². The molecule has 0 saturated carbocycles. The van der Waals surface area contributed by atoms with Crippen LogP contribution in [0.5, 0.6) is 0 Å². The molecule has 0 saturated heterocycles. The first-order valence-corrected chi connectivity index (χ1v) is 6.36. The Kier molecular flexibility index (Phi) is 4.27. The van der Waals surface area contributed by atoms with E-state index in [1.54, 1.807) is 12.1 Å². The van der Waals surface area contributed by atoms with Crippen molar-refractivity contribution in [2.45, 2.75) is 20.3 Å². The van der Waals surface area contributed by atoms with Gasteiger partial charge in [-0.3, -0.25) is 4.79 Å². The van der Waals surface area contributed by atoms with Gasteiger partial charge in [0.2, 0.25) is 0 Å². The molecule has 0 atom stereocenters. The van der Waals surface area contributed by atoms with Crippen LogP contribution in [0.1, 0.15) is 28.5 Å². The standard InChI is InChI=1S/C14H17N5O/c1-3-10-6-4-5-9(2)13(10)16-14(20)11-7-8-12(17-15)19-18-11/h4-8H,3,15H2,1-2H3,(H,16,20)(H,17,19). The average Bonchev–Trinajstić information content (AvgIpc) is 2.49. The summed E-state index contributed by atoms with van der Waals surface area (Å²) in [5, 5.41) is 10.5. The van der Waals surface area contributed by atoms with Crippen molar-refractivity contribution in [2.75, 3.05) is 10.7 Å². The maximum atomic E-state index is 12.2. The van der Waals surface area contributed by atoms with E-state index >= 15 is 0 Å². The van der Waals surface area contributed by atoms with Crippen LogP contribution in [0.15, 0.2) is 30.3 Å². The Morgan fingerprint density at radius 2 is 2.05 bits per heavy atom. The van der Waals surface area contributed by atoms with Gasteiger partial charge < -0.3 is 10.7 Å². The number of nitrogen functional groups attached to an aromatic ring is 1. The lowest BCUT2D eigenvalue weighted by molar-refractivity contribution is 0.102. The van der Waals surface area contributed by atoms with Crippen LogP contribution >= 0.6 is 0 Å². The highest BCUT2D eigenvalue weighted by Gasteiger charge is 2.12. The Hall–Kier alpha value is -2.47. The molecular weight excluding hydrogens is 254 g/mol. The van der Waals surface area contributed by atoms with Gasteiger partial charge in [-0.2, -0.15) is 0 Å². The van der Waals surface area contributed by atoms with Crippen LogP contribution in [-0.4, -0.2) is 16.1 Å². The van der Waals surface area contributed by atoms with Crippen molar-refractivity contribution in [3.8, 4) is 0 Å². The molecule has 0 aliphatic rings. The molecule has 2 rings (SSSR count). The Morgan fingerprint density at radius 3 is 2.65 bits per heavy atom. The largest absolute Gasteiger partial charge is 0.320 e. The fraction of sp³-hybridized carbons (Fsp3) is 0.214. The summed E-state index contributed by atoms with van der Waals surface area (Å²) < 4.78 is 0. The summed E-state index contributed by atoms with van der Waals surface area (Å²) >= 11 is 0. The fourth-order valence-corrected chi connectivity index (χ4v) is 1.91. The third kappa shape index (κ3) is 2.92. The summed E-state index contributed by atoms with van der Waals surface area (Å²) in [6.07, 6.45) is 0.846. The molecule has 1 aromatic carbocycles. The van der Waals surface area contributed by atoms with E-state index in [1.165, 1.54) is 0 Å². The summed E-state index contributed by atoms with van der Waals surface area (Å²) in [7, 11) is 0. The number of anilines is 2. The van der Waals surface area contributed by atoms with Gasteiger partial charge in [0.25, 0.3) is 5.91 Å². The Balaban J connectivity index is 2.23. The molecule has 1 heterocycles. The molecule has 1 amide bonds. The molecule has 0 aliphatic carbocycles. The first kappa shape index (κ1) is 14.0. The van der Waals surface area contributed by atoms with Gasteiger partial charge in [0, 0.05) is 5.69 Å². The molecule has 1 aromatic heterocycles. The van der Waals surface area contributed by atoms with Crippen LogP contribution in [0.25, 0.3) is 0 Å². The van der Waals surface area contributed by atoms with E-state index in [9.17, 15) is 4.79 Å². The number of hydrogen-bond donors (Lipinski definition) is 3. The minimum atomic E-state index is -0.287. The number of aryl methyl sites for hydroxylation is 2. The Labute approximate surface area is 117 Å². The summed E-state index contributed by atoms with van der Waals surface area (Å²) in [4.78, 5) is 12.2. The molecular formula is C14H17N5O. The molecule has 0 bridgehead atoms. The molecule has 0 fully saturated rings. The highest BCUT2D eigenvalue weighted by Crippen LogP contribution is 2.21. The van der Waals surface area contributed by atoms with E-state index in [4.69, 9.17) is 5.84 Å². The van der Waals surface area contributed by atoms with Gasteiger partial charge >= 0.3 is 0 Å². The number of carbonyl (C=O) groups excluding carboxylic acids is 1. The van der Waals surface area contributed by atoms with E-state index in [2.05, 4.69) is 20.9 Å². The number of aromatic nitrogens is 2. The number of para-hydroxylation sites is 1. The molecule has 0 spiro atoms. The summed E-state index contributed by atoms with van der Waals surface area (Å²) in [5.41, 5.74) is 5.55. The third-order valence-corrected chi connectivity index (χ3v) is 3.02. The normalized spacial score (nSPS) is 10.2. The minimum absolute atomic E-state index is 0.245. The molecule has 0 aliphatic heterocycles. The number of benzene rings is 1. The minimum Gasteiger partial charge on any atom is -0.320 e. The monoisotopic (exact) mass is 271 g/mol. The quantitative estimate of drug-likeness (QED) is 0.583. The molecule has 0 unspecified atom stereocenters. The number of hydrogen-bond acceptors (Lipinski definition) is 5. The van der Waals surface area contributed by atoms with Crippen molar-refractivity contribution in [1.29, 1.82) is 0 Å². The Morgan fingerprint density at radius 1 is 1.25 bits per heavy atom. The molecule has 6 heteroatoms. The number of nitrogens with zero attached hydrogens (tertiary/aromatic N) is 2. The van der Waals surface area contributed by atoms with Gasteiger partial charge in [0.15, 0.2) is 11.5 Å². The van der Waals surface area contributed by atoms with Gasteiger partial charge in [-0.15, -0.1) is 10.2 Å². The van der Waals surface area contributed by atoms with Gasteiger partial charge in [-0.1, -0.05) is 25.1 Å². The third-order valence-electron chi connectivity index (χ3n) is 3.02. The van der Waals surface area contributed by atoms with E-state index in [1.807, 2.05) is 32.0 Å². The lowest BCUT2D eigenvalue weighted by Crippen LogP contribution is -2.17. The topological polar surface area (TPSA) is 92.9 Å². The van der Waals surface area contributed by atoms with E-state index < -0.39 is 0 Å². The highest BCUT2D eigenvalue weighted by atomic mass is 16.1. The molecule has 4 N–H and O–H groups in total. The van der Waals surface area contributed by atoms with E-state index in [0.29, 0.717) is 5.82 Å². The van der Waals surface area contributed by atoms with Crippen LogP contribution in [0.3, 0.4) is 0 Å². The van der Waals surface area contributed by atoms with Crippen molar-refractivity contribution in [1.82, 2.24) is 10.2 Å². The summed E-state index contributed by atoms with van der Waals surface area (Å²) in [6, 6.07) is 9.10. The van der Waals surface area contributed by atoms with Crippen molar-refractivity contribution in [3.63, 3.8) is 0 Å². The van der Waals surface area contributed by atoms with Crippen LogP contribution < -0.4 is 16.6 Å². The van der Waals surface area contributed by atoms with Crippen LogP contribution in [0.4, 0.5) is 11.5 Å². The molecule has 20 heavy (non-hydrogen) atoms. The highest BCUT2D eigenvalue weighted by molar-refractivity contribution is 6.03. The number of nitrogens with one attached hydrogen (secondary N) is 2. The predicted octanol–water partition coefficient (Wildman–Crippen LogP) is 1.89. The lowest BCUT2D eigenvalue weighted by atomic mass is 10.1. The first-order chi connectivity index (χ1) is 9.65. The van der Waals surface area contributed by atoms with Crippen molar-refractivity contribution >= 4 is 17.4 Å². The van der Waals surface area contributed by atoms with Crippen molar-refractivity contribution < 1.29 is 4.79 Å². The summed E-state index contributed by atoms with van der Waals surface area (Å²) in [6.45, 7) is 4.01. The summed E-state index contributed by atoms with van der Waals surface area (Å²) in [5.74, 6) is 5.33. The van der Waals surface area contributed by atoms with E-state index in [-0.39, 0.29) is 11.6 Å². The van der Waals surface area contributed by atoms with Gasteiger partial charge in [-0.05, 0) is 36.6 Å². The SMILES string of the molecule is CCc1cccc(C)c1NC(=O)c1ccc(NN)nn1. The second-order valence-corrected chi connectivity index (χ2v) is 4.36. The van der Waals surface area contributed by atoms with Gasteiger partial charge in [-0.25, -0.2) is 5.84 Å². The number of nitrogens with two attached hydrogens (primary N) is 1. The second kappa shape index (κ2) is 6.12. The van der Waals surface area contributed by atoms with Crippen LogP contribution in [-0.2, 0) is 6.42 Å². The van der Waals surface area contributed by atoms with Crippen LogP contribution in [0.2, 0.25) is 0 Å². The number of rotatable bonds is 4. The zero-order valence-electron chi connectivity index (χ0n) is 11.5. The molecule has 0 radical (unpaired) electrons. The second-order valence-electron chi connectivity index (χ2n) is 4.36. The van der Waals surface area contributed by atoms with Crippen molar-refractivity contribution in [2.24, 2.45) is 5.84 Å². The maximum absolute atomic E-state index is 12.2. The average molecular weight is 271 g/mol. The Bertz CT molecular complexity index is 609. The van der Waals surface area contributed by atoms with Crippen molar-refractivity contribution in [3.05, 3.63) is 47.2 Å². The van der Waals surface area contributed by atoms with Crippen LogP contribution in [0, 0.1) is 6.92 Å². The number of amides is 1. The first-order valence-electron chi connectivity index (χ1n) is 6.36. The number of carbonyl (C=O) groups is 1. The van der Waals surface area contributed by atoms with Gasteiger partial charge in [0.05, 0.1) is 0 Å².